The van der Waals surface area contributed by atoms with E-state index in [1.54, 1.807) is 12.1 Å². The van der Waals surface area contributed by atoms with E-state index in [1.165, 1.54) is 19.2 Å². The molecule has 0 aliphatic heterocycles. The molecule has 1 rings (SSSR count). The van der Waals surface area contributed by atoms with Crippen LogP contribution in [-0.2, 0) is 9.84 Å². The number of methoxy groups -OCH3 is 1. The highest BCUT2D eigenvalue weighted by atomic mass is 32.2. The van der Waals surface area contributed by atoms with Crippen LogP contribution in [0.5, 0.6) is 5.75 Å². The average molecular weight is 252 g/mol. The second kappa shape index (κ2) is 5.51. The molecule has 0 amide bonds. The van der Waals surface area contributed by atoms with Crippen LogP contribution in [0.1, 0.15) is 10.4 Å². The van der Waals surface area contributed by atoms with Crippen molar-refractivity contribution >= 4 is 15.6 Å². The number of hydrogen-bond acceptors (Lipinski definition) is 4. The van der Waals surface area contributed by atoms with E-state index in [2.05, 4.69) is 0 Å². The molecule has 0 N–H and O–H groups in total. The highest BCUT2D eigenvalue weighted by molar-refractivity contribution is 7.92. The third kappa shape index (κ3) is 3.93. The second-order valence-corrected chi connectivity index (χ2v) is 5.46. The molecule has 0 bridgehead atoms. The number of rotatable bonds is 5. The van der Waals surface area contributed by atoms with Gasteiger partial charge in [0.2, 0.25) is 0 Å². The van der Waals surface area contributed by atoms with Gasteiger partial charge in [-0.15, -0.1) is 6.42 Å². The quantitative estimate of drug-likeness (QED) is 0.577. The number of Topliss-reactive ketones (excluding diaryl/α,β-unsaturated/α-hetero) is 1. The van der Waals surface area contributed by atoms with Crippen LogP contribution in [0.2, 0.25) is 0 Å². The lowest BCUT2D eigenvalue weighted by Crippen LogP contribution is -2.18. The third-order valence-electron chi connectivity index (χ3n) is 2.05. The van der Waals surface area contributed by atoms with Gasteiger partial charge in [-0.25, -0.2) is 8.42 Å². The normalized spacial score (nSPS) is 10.6. The van der Waals surface area contributed by atoms with E-state index in [-0.39, 0.29) is 0 Å². The zero-order valence-corrected chi connectivity index (χ0v) is 10.2. The highest BCUT2D eigenvalue weighted by Crippen LogP contribution is 2.13. The summed E-state index contributed by atoms with van der Waals surface area (Å²) in [4.78, 5) is 11.7. The van der Waals surface area contributed by atoms with Crippen molar-refractivity contribution in [3.8, 4) is 18.1 Å². The lowest BCUT2D eigenvalue weighted by Gasteiger charge is -2.03. The molecular weight excluding hydrogens is 240 g/mol. The first-order valence-corrected chi connectivity index (χ1v) is 6.62. The molecule has 5 heteroatoms. The highest BCUT2D eigenvalue weighted by Gasteiger charge is 2.17. The number of carbonyl (C=O) groups is 1. The summed E-state index contributed by atoms with van der Waals surface area (Å²) in [6, 6.07) is 6.33. The summed E-state index contributed by atoms with van der Waals surface area (Å²) >= 11 is 0. The Labute approximate surface area is 101 Å². The minimum absolute atomic E-state index is 0.296. The first-order chi connectivity index (χ1) is 7.98. The van der Waals surface area contributed by atoms with Gasteiger partial charge in [-0.1, -0.05) is 18.1 Å². The van der Waals surface area contributed by atoms with Crippen molar-refractivity contribution in [1.29, 1.82) is 0 Å². The molecule has 1 aromatic carbocycles. The number of sulfone groups is 1. The van der Waals surface area contributed by atoms with Crippen molar-refractivity contribution < 1.29 is 17.9 Å². The molecule has 0 saturated carbocycles. The van der Waals surface area contributed by atoms with Gasteiger partial charge >= 0.3 is 0 Å². The van der Waals surface area contributed by atoms with E-state index >= 15 is 0 Å². The molecule has 17 heavy (non-hydrogen) atoms. The number of hydrogen-bond donors (Lipinski definition) is 0. The molecule has 0 unspecified atom stereocenters. The zero-order chi connectivity index (χ0) is 12.9. The number of terminal acetylenes is 1. The molecular formula is C12H12O4S. The van der Waals surface area contributed by atoms with Crippen LogP contribution < -0.4 is 4.74 Å². The van der Waals surface area contributed by atoms with Crippen LogP contribution in [0.3, 0.4) is 0 Å². The summed E-state index contributed by atoms with van der Waals surface area (Å²) in [5.41, 5.74) is 0.296. The summed E-state index contributed by atoms with van der Waals surface area (Å²) in [5.74, 6) is 1.03. The number of carbonyl (C=O) groups excluding carboxylic acids is 1. The summed E-state index contributed by atoms with van der Waals surface area (Å²) in [6.45, 7) is 0. The van der Waals surface area contributed by atoms with Gasteiger partial charge in [0.15, 0.2) is 15.6 Å². The van der Waals surface area contributed by atoms with E-state index in [1.807, 2.05) is 5.92 Å². The average Bonchev–Trinajstić information content (AvgIpc) is 2.28. The van der Waals surface area contributed by atoms with Gasteiger partial charge in [0.05, 0.1) is 7.11 Å². The predicted molar refractivity (Wildman–Crippen MR) is 64.8 cm³/mol. The maximum Gasteiger partial charge on any atom is 0.178 e. The smallest absolute Gasteiger partial charge is 0.178 e. The van der Waals surface area contributed by atoms with Gasteiger partial charge in [0.25, 0.3) is 0 Å². The van der Waals surface area contributed by atoms with Crippen LogP contribution >= 0.6 is 0 Å². The van der Waals surface area contributed by atoms with Crippen molar-refractivity contribution in [3.63, 3.8) is 0 Å². The van der Waals surface area contributed by atoms with Crippen LogP contribution in [0, 0.1) is 12.3 Å². The van der Waals surface area contributed by atoms with Crippen molar-refractivity contribution in [1.82, 2.24) is 0 Å². The third-order valence-corrected chi connectivity index (χ3v) is 3.35. The maximum absolute atomic E-state index is 11.7. The van der Waals surface area contributed by atoms with Gasteiger partial charge in [0.1, 0.15) is 17.3 Å². The lowest BCUT2D eigenvalue weighted by molar-refractivity contribution is 0.102. The largest absolute Gasteiger partial charge is 0.497 e. The van der Waals surface area contributed by atoms with Crippen molar-refractivity contribution in [2.24, 2.45) is 0 Å². The monoisotopic (exact) mass is 252 g/mol. The topological polar surface area (TPSA) is 60.4 Å². The summed E-state index contributed by atoms with van der Waals surface area (Å²) in [5, 5.41) is 0. The van der Waals surface area contributed by atoms with E-state index in [0.29, 0.717) is 11.3 Å². The van der Waals surface area contributed by atoms with E-state index in [9.17, 15) is 13.2 Å². The SMILES string of the molecule is C#CCS(=O)(=O)CC(=O)c1cccc(OC)c1. The van der Waals surface area contributed by atoms with Gasteiger partial charge in [-0.05, 0) is 12.1 Å². The Morgan fingerprint density at radius 1 is 1.47 bits per heavy atom. The lowest BCUT2D eigenvalue weighted by atomic mass is 10.1. The molecule has 0 heterocycles. The Kier molecular flexibility index (Phi) is 4.30. The number of benzene rings is 1. The molecule has 0 aliphatic carbocycles. The van der Waals surface area contributed by atoms with Gasteiger partial charge < -0.3 is 4.74 Å². The van der Waals surface area contributed by atoms with E-state index < -0.39 is 27.1 Å². The van der Waals surface area contributed by atoms with Crippen molar-refractivity contribution in [3.05, 3.63) is 29.8 Å². The van der Waals surface area contributed by atoms with Crippen LogP contribution in [0.15, 0.2) is 24.3 Å². The van der Waals surface area contributed by atoms with Crippen molar-refractivity contribution in [2.75, 3.05) is 18.6 Å². The fraction of sp³-hybridized carbons (Fsp3) is 0.250. The predicted octanol–water partition coefficient (Wildman–Crippen LogP) is 0.926. The van der Waals surface area contributed by atoms with Crippen molar-refractivity contribution in [2.45, 2.75) is 0 Å². The van der Waals surface area contributed by atoms with Gasteiger partial charge in [0, 0.05) is 5.56 Å². The fourth-order valence-electron chi connectivity index (χ4n) is 1.26. The van der Waals surface area contributed by atoms with Crippen LogP contribution in [-0.4, -0.2) is 32.8 Å². The Balaban J connectivity index is 2.88. The zero-order valence-electron chi connectivity index (χ0n) is 9.34. The Morgan fingerprint density at radius 2 is 2.18 bits per heavy atom. The Bertz CT molecular complexity index is 552. The fourth-order valence-corrected chi connectivity index (χ4v) is 2.18. The Hall–Kier alpha value is -1.80. The van der Waals surface area contributed by atoms with E-state index in [4.69, 9.17) is 11.2 Å². The van der Waals surface area contributed by atoms with E-state index in [0.717, 1.165) is 0 Å². The minimum atomic E-state index is -3.53. The summed E-state index contributed by atoms with van der Waals surface area (Å²) in [6.07, 6.45) is 4.91. The maximum atomic E-state index is 11.7. The molecule has 0 atom stereocenters. The van der Waals surface area contributed by atoms with Gasteiger partial charge in [-0.3, -0.25) is 4.79 Å². The molecule has 4 nitrogen and oxygen atoms in total. The minimum Gasteiger partial charge on any atom is -0.497 e. The second-order valence-electron chi connectivity index (χ2n) is 3.39. The molecule has 0 saturated heterocycles. The number of ether oxygens (including phenoxy) is 1. The van der Waals surface area contributed by atoms with Crippen LogP contribution in [0.4, 0.5) is 0 Å². The molecule has 0 radical (unpaired) electrons. The molecule has 0 aromatic heterocycles. The Morgan fingerprint density at radius 3 is 2.76 bits per heavy atom. The molecule has 0 fully saturated rings. The first kappa shape index (κ1) is 13.3. The summed E-state index contributed by atoms with van der Waals surface area (Å²) < 4.78 is 27.7. The van der Waals surface area contributed by atoms with Crippen LogP contribution in [0.25, 0.3) is 0 Å². The molecule has 0 spiro atoms. The molecule has 1 aromatic rings. The number of ketones is 1. The molecule has 0 aliphatic rings. The van der Waals surface area contributed by atoms with Gasteiger partial charge in [-0.2, -0.15) is 0 Å². The first-order valence-electron chi connectivity index (χ1n) is 4.79. The standard InChI is InChI=1S/C12H12O4S/c1-3-7-17(14,15)9-12(13)10-5-4-6-11(8-10)16-2/h1,4-6,8H,7,9H2,2H3. The summed E-state index contributed by atoms with van der Waals surface area (Å²) in [7, 11) is -2.05. The molecule has 90 valence electrons.